The van der Waals surface area contributed by atoms with Crippen LogP contribution in [0.1, 0.15) is 33.3 Å². The van der Waals surface area contributed by atoms with Crippen molar-refractivity contribution in [2.75, 3.05) is 11.9 Å². The first kappa shape index (κ1) is 23.4. The van der Waals surface area contributed by atoms with E-state index in [0.717, 1.165) is 11.1 Å². The molecule has 0 radical (unpaired) electrons. The Morgan fingerprint density at radius 3 is 2.62 bits per heavy atom. The highest BCUT2D eigenvalue weighted by Gasteiger charge is 2.24. The maximum Gasteiger partial charge on any atom is 0.341 e. The van der Waals surface area contributed by atoms with E-state index in [-0.39, 0.29) is 22.9 Å². The smallest absolute Gasteiger partial charge is 0.341 e. The molecule has 0 aliphatic heterocycles. The summed E-state index contributed by atoms with van der Waals surface area (Å²) in [6.07, 6.45) is 1.45. The van der Waals surface area contributed by atoms with Crippen LogP contribution in [0.15, 0.2) is 71.0 Å². The van der Waals surface area contributed by atoms with E-state index in [1.807, 2.05) is 31.2 Å². The average molecular weight is 494 g/mol. The first-order valence-corrected chi connectivity index (χ1v) is 11.7. The van der Waals surface area contributed by atoms with Crippen LogP contribution in [0.3, 0.4) is 0 Å². The molecule has 0 saturated heterocycles. The van der Waals surface area contributed by atoms with Crippen LogP contribution < -0.4 is 10.7 Å². The predicted molar refractivity (Wildman–Crippen MR) is 133 cm³/mol. The van der Waals surface area contributed by atoms with Crippen molar-refractivity contribution in [2.45, 2.75) is 13.8 Å². The van der Waals surface area contributed by atoms with Gasteiger partial charge in [0.1, 0.15) is 10.6 Å². The Labute approximate surface area is 204 Å². The van der Waals surface area contributed by atoms with Gasteiger partial charge >= 0.3 is 5.97 Å². The third kappa shape index (κ3) is 4.93. The average Bonchev–Trinajstić information content (AvgIpc) is 3.23. The fraction of sp³-hybridized carbons (Fsp3) is 0.120. The number of esters is 1. The number of nitrogens with zero attached hydrogens (tertiary/aromatic N) is 2. The quantitative estimate of drug-likeness (QED) is 0.365. The van der Waals surface area contributed by atoms with Crippen molar-refractivity contribution in [1.29, 1.82) is 0 Å². The van der Waals surface area contributed by atoms with E-state index in [1.54, 1.807) is 36.6 Å². The lowest BCUT2D eigenvalue weighted by Crippen LogP contribution is -2.25. The summed E-state index contributed by atoms with van der Waals surface area (Å²) in [6, 6.07) is 15.8. The predicted octanol–water partition coefficient (Wildman–Crippen LogP) is 5.35. The summed E-state index contributed by atoms with van der Waals surface area (Å²) in [7, 11) is 0. The van der Waals surface area contributed by atoms with Gasteiger partial charge < -0.3 is 10.1 Å². The summed E-state index contributed by atoms with van der Waals surface area (Å²) >= 11 is 7.22. The number of aryl methyl sites for hydroxylation is 1. The summed E-state index contributed by atoms with van der Waals surface area (Å²) in [5.74, 6) is -1.30. The Morgan fingerprint density at radius 2 is 1.91 bits per heavy atom. The second-order valence-corrected chi connectivity index (χ2v) is 8.66. The van der Waals surface area contributed by atoms with Crippen LogP contribution in [0.4, 0.5) is 5.00 Å². The van der Waals surface area contributed by atoms with Crippen LogP contribution in [-0.2, 0) is 4.74 Å². The largest absolute Gasteiger partial charge is 0.462 e. The van der Waals surface area contributed by atoms with Gasteiger partial charge in [0.25, 0.3) is 5.91 Å². The molecule has 0 saturated carbocycles. The van der Waals surface area contributed by atoms with E-state index in [2.05, 4.69) is 10.4 Å². The SMILES string of the molecule is CCOC(=O)c1c(-c2ccc(C)cc2)csc1NC(=O)c1nn(-c2cccc(Cl)c2)ccc1=O. The summed E-state index contributed by atoms with van der Waals surface area (Å²) in [4.78, 5) is 38.3. The van der Waals surface area contributed by atoms with Crippen molar-refractivity contribution in [3.63, 3.8) is 0 Å². The lowest BCUT2D eigenvalue weighted by Gasteiger charge is -2.10. The molecule has 9 heteroatoms. The van der Waals surface area contributed by atoms with Crippen molar-refractivity contribution < 1.29 is 14.3 Å². The van der Waals surface area contributed by atoms with Crippen molar-refractivity contribution in [3.8, 4) is 16.8 Å². The molecular formula is C25H20ClN3O4S. The van der Waals surface area contributed by atoms with Crippen molar-refractivity contribution >= 4 is 39.8 Å². The molecule has 172 valence electrons. The number of ether oxygens (including phenoxy) is 1. The molecule has 4 rings (SSSR count). The van der Waals surface area contributed by atoms with E-state index in [1.165, 1.54) is 28.3 Å². The van der Waals surface area contributed by atoms with Crippen LogP contribution in [0, 0.1) is 6.92 Å². The third-order valence-corrected chi connectivity index (χ3v) is 6.09. The fourth-order valence-corrected chi connectivity index (χ4v) is 4.43. The Morgan fingerprint density at radius 1 is 1.15 bits per heavy atom. The molecule has 7 nitrogen and oxygen atoms in total. The first-order valence-electron chi connectivity index (χ1n) is 10.4. The molecule has 2 heterocycles. The molecule has 34 heavy (non-hydrogen) atoms. The molecule has 2 aromatic heterocycles. The number of thiophene rings is 1. The molecule has 0 unspecified atom stereocenters. The summed E-state index contributed by atoms with van der Waals surface area (Å²) in [5.41, 5.74) is 2.48. The van der Waals surface area contributed by atoms with E-state index in [4.69, 9.17) is 16.3 Å². The topological polar surface area (TPSA) is 90.3 Å². The summed E-state index contributed by atoms with van der Waals surface area (Å²) < 4.78 is 6.62. The normalized spacial score (nSPS) is 10.7. The van der Waals surface area contributed by atoms with Gasteiger partial charge in [0.15, 0.2) is 5.69 Å². The Balaban J connectivity index is 1.71. The molecule has 1 amide bonds. The Kier molecular flexibility index (Phi) is 6.90. The molecular weight excluding hydrogens is 474 g/mol. The van der Waals surface area contributed by atoms with Gasteiger partial charge in [-0.2, -0.15) is 5.10 Å². The molecule has 1 N–H and O–H groups in total. The monoisotopic (exact) mass is 493 g/mol. The number of benzene rings is 2. The molecule has 0 atom stereocenters. The van der Waals surface area contributed by atoms with E-state index in [9.17, 15) is 14.4 Å². The van der Waals surface area contributed by atoms with E-state index >= 15 is 0 Å². The number of rotatable bonds is 6. The first-order chi connectivity index (χ1) is 16.4. The second kappa shape index (κ2) is 10.0. The highest BCUT2D eigenvalue weighted by Crippen LogP contribution is 2.36. The molecule has 0 fully saturated rings. The number of carbonyl (C=O) groups is 2. The van der Waals surface area contributed by atoms with Crippen LogP contribution >= 0.6 is 22.9 Å². The van der Waals surface area contributed by atoms with Gasteiger partial charge in [-0.3, -0.25) is 9.59 Å². The van der Waals surface area contributed by atoms with Gasteiger partial charge in [0, 0.05) is 28.2 Å². The fourth-order valence-electron chi connectivity index (χ4n) is 3.29. The molecule has 0 bridgehead atoms. The highest BCUT2D eigenvalue weighted by atomic mass is 35.5. The number of halogens is 1. The third-order valence-electron chi connectivity index (χ3n) is 4.96. The lowest BCUT2D eigenvalue weighted by atomic mass is 10.0. The zero-order valence-corrected chi connectivity index (χ0v) is 19.9. The zero-order valence-electron chi connectivity index (χ0n) is 18.4. The maximum atomic E-state index is 13.1. The van der Waals surface area contributed by atoms with Crippen LogP contribution in [0.25, 0.3) is 16.8 Å². The molecule has 0 spiro atoms. The zero-order chi connectivity index (χ0) is 24.2. The Hall–Kier alpha value is -3.75. The minimum Gasteiger partial charge on any atom is -0.462 e. The molecule has 0 aliphatic rings. The van der Waals surface area contributed by atoms with Gasteiger partial charge in [0.05, 0.1) is 12.3 Å². The van der Waals surface area contributed by atoms with Crippen molar-refractivity contribution in [2.24, 2.45) is 0 Å². The molecule has 0 aliphatic carbocycles. The number of carbonyl (C=O) groups excluding carboxylic acids is 2. The number of hydrogen-bond donors (Lipinski definition) is 1. The van der Waals surface area contributed by atoms with Crippen LogP contribution in [-0.4, -0.2) is 28.3 Å². The van der Waals surface area contributed by atoms with Crippen molar-refractivity contribution in [3.05, 3.63) is 98.2 Å². The summed E-state index contributed by atoms with van der Waals surface area (Å²) in [5, 5.41) is 9.40. The van der Waals surface area contributed by atoms with Crippen LogP contribution in [0.5, 0.6) is 0 Å². The molecule has 2 aromatic carbocycles. The minimum atomic E-state index is -0.732. The number of hydrogen-bond acceptors (Lipinski definition) is 6. The van der Waals surface area contributed by atoms with Gasteiger partial charge in [-0.05, 0) is 37.6 Å². The number of amides is 1. The standard InChI is InChI=1S/C25H20ClN3O4S/c1-3-33-25(32)21-19(16-9-7-15(2)8-10-16)14-34-24(21)27-23(31)22-20(30)11-12-29(28-22)18-6-4-5-17(26)13-18/h4-14H,3H2,1-2H3,(H,27,31). The number of aromatic nitrogens is 2. The van der Waals surface area contributed by atoms with Crippen molar-refractivity contribution in [1.82, 2.24) is 9.78 Å². The summed E-state index contributed by atoms with van der Waals surface area (Å²) in [6.45, 7) is 3.86. The lowest BCUT2D eigenvalue weighted by molar-refractivity contribution is 0.0529. The van der Waals surface area contributed by atoms with Gasteiger partial charge in [-0.15, -0.1) is 11.3 Å². The van der Waals surface area contributed by atoms with E-state index in [0.29, 0.717) is 16.3 Å². The minimum absolute atomic E-state index is 0.181. The van der Waals surface area contributed by atoms with Crippen LogP contribution in [0.2, 0.25) is 5.02 Å². The van der Waals surface area contributed by atoms with E-state index < -0.39 is 17.3 Å². The number of nitrogens with one attached hydrogen (secondary N) is 1. The number of anilines is 1. The van der Waals surface area contributed by atoms with Gasteiger partial charge in [-0.1, -0.05) is 47.5 Å². The highest BCUT2D eigenvalue weighted by molar-refractivity contribution is 7.15. The maximum absolute atomic E-state index is 13.1. The van der Waals surface area contributed by atoms with Gasteiger partial charge in [0.2, 0.25) is 5.43 Å². The van der Waals surface area contributed by atoms with Gasteiger partial charge in [-0.25, -0.2) is 9.48 Å². The molecule has 4 aromatic rings. The second-order valence-electron chi connectivity index (χ2n) is 7.35. The Bertz CT molecular complexity index is 1430.